The fourth-order valence-electron chi connectivity index (χ4n) is 9.13. The van der Waals surface area contributed by atoms with E-state index in [1.807, 2.05) is 6.07 Å². The quantitative estimate of drug-likeness (QED) is 0.322. The van der Waals surface area contributed by atoms with Gasteiger partial charge in [0.25, 0.3) is 0 Å². The lowest BCUT2D eigenvalue weighted by Gasteiger charge is -2.58. The molecule has 1 aromatic rings. The normalized spacial score (nSPS) is 39.1. The molecule has 0 spiro atoms. The average Bonchev–Trinajstić information content (AvgIpc) is 3.19. The number of hydrogen-bond acceptors (Lipinski definition) is 3. The van der Waals surface area contributed by atoms with Gasteiger partial charge in [0.15, 0.2) is 0 Å². The van der Waals surface area contributed by atoms with Crippen molar-refractivity contribution < 1.29 is 19.7 Å². The molecule has 0 radical (unpaired) electrons. The minimum absolute atomic E-state index is 0.124. The van der Waals surface area contributed by atoms with Gasteiger partial charge in [0.1, 0.15) is 5.75 Å². The van der Waals surface area contributed by atoms with Crippen LogP contribution in [0.2, 0.25) is 0 Å². The first kappa shape index (κ1) is 24.9. The Balaban J connectivity index is 1.19. The van der Waals surface area contributed by atoms with Gasteiger partial charge in [0.2, 0.25) is 0 Å². The number of hydrogen-bond donors (Lipinski definition) is 2. The second kappa shape index (κ2) is 9.57. The SMILES string of the molecule is C[C@H](CCCOc1cccc(C(=O)O)c1)[C@H]1CCC2C3CC=C4C[C@@H](O)CC[C@]4(C)C3CC[C@@]21C. The number of allylic oxidation sites excluding steroid dienone is 1. The number of ether oxygens (including phenoxy) is 1. The van der Waals surface area contributed by atoms with E-state index in [0.717, 1.165) is 42.9 Å². The van der Waals surface area contributed by atoms with Crippen molar-refractivity contribution in [2.75, 3.05) is 6.61 Å². The van der Waals surface area contributed by atoms with Crippen LogP contribution in [-0.2, 0) is 0 Å². The van der Waals surface area contributed by atoms with Crippen LogP contribution in [0.15, 0.2) is 35.9 Å². The summed E-state index contributed by atoms with van der Waals surface area (Å²) in [6.07, 6.45) is 14.3. The Kier molecular flexibility index (Phi) is 6.80. The lowest BCUT2D eigenvalue weighted by atomic mass is 9.47. The molecule has 4 heteroatoms. The van der Waals surface area contributed by atoms with Crippen molar-refractivity contribution in [3.8, 4) is 5.75 Å². The van der Waals surface area contributed by atoms with Crippen LogP contribution in [0.1, 0.15) is 95.3 Å². The van der Waals surface area contributed by atoms with Gasteiger partial charge in [-0.25, -0.2) is 4.79 Å². The Hall–Kier alpha value is -1.81. The van der Waals surface area contributed by atoms with Gasteiger partial charge in [-0.2, -0.15) is 0 Å². The maximum atomic E-state index is 11.2. The highest BCUT2D eigenvalue weighted by Crippen LogP contribution is 2.67. The van der Waals surface area contributed by atoms with Crippen molar-refractivity contribution in [3.63, 3.8) is 0 Å². The van der Waals surface area contributed by atoms with Gasteiger partial charge < -0.3 is 14.9 Å². The predicted octanol–water partition coefficient (Wildman–Crippen LogP) is 7.12. The Morgan fingerprint density at radius 3 is 2.77 bits per heavy atom. The molecule has 5 rings (SSSR count). The fourth-order valence-corrected chi connectivity index (χ4v) is 9.13. The van der Waals surface area contributed by atoms with Crippen LogP contribution in [0.4, 0.5) is 0 Å². The summed E-state index contributed by atoms with van der Waals surface area (Å²) in [6.45, 7) is 8.23. The van der Waals surface area contributed by atoms with Crippen molar-refractivity contribution in [2.24, 2.45) is 40.4 Å². The molecule has 4 aliphatic carbocycles. The summed E-state index contributed by atoms with van der Waals surface area (Å²) >= 11 is 0. The van der Waals surface area contributed by atoms with E-state index in [1.165, 1.54) is 44.9 Å². The number of rotatable bonds is 7. The first-order valence-corrected chi connectivity index (χ1v) is 14.1. The summed E-state index contributed by atoms with van der Waals surface area (Å²) in [4.78, 5) is 11.2. The van der Waals surface area contributed by atoms with Crippen LogP contribution in [0.3, 0.4) is 0 Å². The van der Waals surface area contributed by atoms with Crippen LogP contribution < -0.4 is 4.74 Å². The number of aromatic carboxylic acids is 1. The number of aliphatic hydroxyl groups excluding tert-OH is 1. The van der Waals surface area contributed by atoms with Crippen LogP contribution in [-0.4, -0.2) is 28.9 Å². The standard InChI is InChI=1S/C31H44O4/c1-20(6-5-17-35-24-8-4-7-21(18-24)29(33)34)26-11-12-27-25-10-9-22-19-23(32)13-15-30(22,2)28(25)14-16-31(26,27)3/h4,7-9,18,20,23,25-28,32H,5-6,10-17,19H2,1-3H3,(H,33,34)/t20-,23+,25?,26-,27?,28?,30+,31-/m1/s1. The third kappa shape index (κ3) is 4.45. The van der Waals surface area contributed by atoms with Crippen molar-refractivity contribution in [1.29, 1.82) is 0 Å². The van der Waals surface area contributed by atoms with Crippen molar-refractivity contribution >= 4 is 5.97 Å². The van der Waals surface area contributed by atoms with Gasteiger partial charge in [0.05, 0.1) is 18.3 Å². The van der Waals surface area contributed by atoms with Gasteiger partial charge in [0, 0.05) is 0 Å². The van der Waals surface area contributed by atoms with Crippen LogP contribution in [0.5, 0.6) is 5.75 Å². The van der Waals surface area contributed by atoms with E-state index in [9.17, 15) is 15.0 Å². The van der Waals surface area contributed by atoms with Gasteiger partial charge in [-0.05, 0) is 123 Å². The highest BCUT2D eigenvalue weighted by atomic mass is 16.5. The van der Waals surface area contributed by atoms with Crippen LogP contribution in [0.25, 0.3) is 0 Å². The molecule has 8 atom stereocenters. The first-order chi connectivity index (χ1) is 16.7. The monoisotopic (exact) mass is 480 g/mol. The van der Waals surface area contributed by atoms with Crippen molar-refractivity contribution in [2.45, 2.75) is 91.1 Å². The first-order valence-electron chi connectivity index (χ1n) is 14.1. The van der Waals surface area contributed by atoms with Gasteiger partial charge >= 0.3 is 5.97 Å². The Labute approximate surface area is 211 Å². The Bertz CT molecular complexity index is 968. The molecule has 3 saturated carbocycles. The molecule has 0 aliphatic heterocycles. The number of carboxylic acids is 1. The zero-order valence-electron chi connectivity index (χ0n) is 21.8. The molecule has 4 nitrogen and oxygen atoms in total. The zero-order valence-corrected chi connectivity index (χ0v) is 21.8. The zero-order chi connectivity index (χ0) is 24.8. The summed E-state index contributed by atoms with van der Waals surface area (Å²) < 4.78 is 5.89. The third-order valence-corrected chi connectivity index (χ3v) is 11.0. The molecule has 3 unspecified atom stereocenters. The third-order valence-electron chi connectivity index (χ3n) is 11.0. The summed E-state index contributed by atoms with van der Waals surface area (Å²) in [5.41, 5.74) is 2.62. The maximum Gasteiger partial charge on any atom is 0.335 e. The lowest BCUT2D eigenvalue weighted by molar-refractivity contribution is -0.0573. The molecular formula is C31H44O4. The van der Waals surface area contributed by atoms with Gasteiger partial charge in [-0.3, -0.25) is 0 Å². The van der Waals surface area contributed by atoms with Crippen molar-refractivity contribution in [3.05, 3.63) is 41.5 Å². The molecule has 192 valence electrons. The molecule has 2 N–H and O–H groups in total. The predicted molar refractivity (Wildman–Crippen MR) is 138 cm³/mol. The highest BCUT2D eigenvalue weighted by molar-refractivity contribution is 5.87. The van der Waals surface area contributed by atoms with Crippen LogP contribution >= 0.6 is 0 Å². The highest BCUT2D eigenvalue weighted by Gasteiger charge is 2.59. The molecule has 0 aromatic heterocycles. The number of aliphatic hydroxyl groups is 1. The molecule has 0 amide bonds. The van der Waals surface area contributed by atoms with E-state index in [2.05, 4.69) is 26.8 Å². The van der Waals surface area contributed by atoms with E-state index < -0.39 is 5.97 Å². The van der Waals surface area contributed by atoms with E-state index >= 15 is 0 Å². The number of benzene rings is 1. The van der Waals surface area contributed by atoms with Crippen molar-refractivity contribution in [1.82, 2.24) is 0 Å². The lowest BCUT2D eigenvalue weighted by Crippen LogP contribution is -2.50. The topological polar surface area (TPSA) is 66.8 Å². The second-order valence-electron chi connectivity index (χ2n) is 12.7. The number of carboxylic acid groups (broad SMARTS) is 1. The molecule has 35 heavy (non-hydrogen) atoms. The molecule has 0 heterocycles. The number of carbonyl (C=O) groups is 1. The van der Waals surface area contributed by atoms with E-state index in [4.69, 9.17) is 4.74 Å². The van der Waals surface area contributed by atoms with E-state index in [-0.39, 0.29) is 11.7 Å². The summed E-state index contributed by atoms with van der Waals surface area (Å²) in [5, 5.41) is 19.4. The average molecular weight is 481 g/mol. The van der Waals surface area contributed by atoms with Crippen LogP contribution in [0, 0.1) is 40.4 Å². The molecule has 1 aromatic carbocycles. The molecule has 0 saturated heterocycles. The molecule has 4 aliphatic rings. The van der Waals surface area contributed by atoms with E-state index in [1.54, 1.807) is 23.8 Å². The summed E-state index contributed by atoms with van der Waals surface area (Å²) in [6, 6.07) is 6.81. The largest absolute Gasteiger partial charge is 0.494 e. The Morgan fingerprint density at radius 1 is 1.14 bits per heavy atom. The molecule has 3 fully saturated rings. The van der Waals surface area contributed by atoms with E-state index in [0.29, 0.717) is 29.1 Å². The minimum Gasteiger partial charge on any atom is -0.494 e. The maximum absolute atomic E-state index is 11.2. The molecular weight excluding hydrogens is 436 g/mol. The molecule has 0 bridgehead atoms. The number of fused-ring (bicyclic) bond motifs is 5. The smallest absolute Gasteiger partial charge is 0.335 e. The fraction of sp³-hybridized carbons (Fsp3) is 0.710. The summed E-state index contributed by atoms with van der Waals surface area (Å²) in [7, 11) is 0. The Morgan fingerprint density at radius 2 is 1.97 bits per heavy atom. The minimum atomic E-state index is -0.914. The van der Waals surface area contributed by atoms with Gasteiger partial charge in [-0.15, -0.1) is 0 Å². The summed E-state index contributed by atoms with van der Waals surface area (Å²) in [5.74, 6) is 3.67. The second-order valence-corrected chi connectivity index (χ2v) is 12.7. The van der Waals surface area contributed by atoms with Gasteiger partial charge in [-0.1, -0.05) is 38.5 Å².